The number of hydrogen-bond acceptors (Lipinski definition) is 6. The molecule has 1 saturated heterocycles. The van der Waals surface area contributed by atoms with E-state index in [0.717, 1.165) is 46.5 Å². The standard InChI is InChI=1S/C28H23F7N6O3S2/c1-17-2-3-19(14-44-11-10-29)24(12-17)41-25(42)15-45-28(41)38-27(43)37-23-9-4-18(13-22(23)30)26-36-16-40(39-26)20-5-7-21(8-6-20)46(31,32,33,34)35/h2-9,12-13,16H,10-11,14-15H2,1H3,(H,37,43)/b38-28-. The Kier molecular flexibility index (Phi) is 8.41. The number of nitrogens with zero attached hydrogens (tertiary/aromatic N) is 5. The number of rotatable bonds is 9. The molecule has 4 aromatic rings. The van der Waals surface area contributed by atoms with E-state index in [2.05, 4.69) is 20.4 Å². The Hall–Kier alpha value is -4.42. The van der Waals surface area contributed by atoms with Gasteiger partial charge in [0.25, 0.3) is 0 Å². The Morgan fingerprint density at radius 3 is 2.48 bits per heavy atom. The van der Waals surface area contributed by atoms with Crippen LogP contribution in [0.4, 0.5) is 44.4 Å². The van der Waals surface area contributed by atoms with E-state index in [4.69, 9.17) is 4.74 Å². The monoisotopic (exact) mass is 688 g/mol. The molecule has 0 spiro atoms. The molecular formula is C28H23F7N6O3S2. The fraction of sp³-hybridized carbons (Fsp3) is 0.179. The number of thioether (sulfide) groups is 1. The topological polar surface area (TPSA) is 102 Å². The van der Waals surface area contributed by atoms with Gasteiger partial charge >= 0.3 is 16.3 Å². The number of anilines is 2. The maximum Gasteiger partial charge on any atom is 0.347 e. The quantitative estimate of drug-likeness (QED) is 0.141. The van der Waals surface area contributed by atoms with E-state index < -0.39 is 33.6 Å². The predicted molar refractivity (Wildman–Crippen MR) is 161 cm³/mol. The van der Waals surface area contributed by atoms with Gasteiger partial charge in [0.15, 0.2) is 11.0 Å². The number of carbonyl (C=O) groups excluding carboxylic acids is 2. The Morgan fingerprint density at radius 2 is 1.80 bits per heavy atom. The second kappa shape index (κ2) is 11.7. The summed E-state index contributed by atoms with van der Waals surface area (Å²) in [5, 5.41) is 6.41. The van der Waals surface area contributed by atoms with Crippen LogP contribution in [-0.2, 0) is 16.1 Å². The fourth-order valence-corrected chi connectivity index (χ4v) is 5.79. The van der Waals surface area contributed by atoms with Gasteiger partial charge in [-0.15, -0.1) is 5.10 Å². The number of alkyl halides is 1. The summed E-state index contributed by atoms with van der Waals surface area (Å²) in [7, 11) is -9.84. The van der Waals surface area contributed by atoms with Gasteiger partial charge in [-0.1, -0.05) is 43.3 Å². The number of urea groups is 1. The van der Waals surface area contributed by atoms with Crippen molar-refractivity contribution in [1.29, 1.82) is 0 Å². The van der Waals surface area contributed by atoms with Gasteiger partial charge in [0.05, 0.1) is 36.0 Å². The number of benzene rings is 3. The molecule has 1 fully saturated rings. The van der Waals surface area contributed by atoms with Crippen LogP contribution in [-0.4, -0.2) is 50.9 Å². The van der Waals surface area contributed by atoms with Crippen molar-refractivity contribution in [3.05, 3.63) is 83.9 Å². The molecule has 0 unspecified atom stereocenters. The van der Waals surface area contributed by atoms with E-state index in [-0.39, 0.29) is 64.9 Å². The van der Waals surface area contributed by atoms with Gasteiger partial charge in [0, 0.05) is 11.1 Å². The third-order valence-corrected chi connectivity index (χ3v) is 8.52. The van der Waals surface area contributed by atoms with Gasteiger partial charge in [0.2, 0.25) is 5.91 Å². The summed E-state index contributed by atoms with van der Waals surface area (Å²) < 4.78 is 98.9. The Labute approximate surface area is 261 Å². The Balaban J connectivity index is 1.31. The lowest BCUT2D eigenvalue weighted by atomic mass is 10.1. The molecule has 1 N–H and O–H groups in total. The number of halogens is 7. The molecule has 0 radical (unpaired) electrons. The molecule has 1 aromatic heterocycles. The van der Waals surface area contributed by atoms with Crippen LogP contribution in [0, 0.1) is 12.7 Å². The highest BCUT2D eigenvalue weighted by Crippen LogP contribution is 3.02. The first-order chi connectivity index (χ1) is 21.5. The zero-order chi connectivity index (χ0) is 33.3. The molecule has 1 aliphatic heterocycles. The largest absolute Gasteiger partial charge is 0.374 e. The molecule has 0 atom stereocenters. The van der Waals surface area contributed by atoms with Crippen molar-refractivity contribution in [2.45, 2.75) is 18.4 Å². The predicted octanol–water partition coefficient (Wildman–Crippen LogP) is 8.19. The van der Waals surface area contributed by atoms with Crippen LogP contribution in [0.15, 0.2) is 76.9 Å². The molecule has 244 valence electrons. The van der Waals surface area contributed by atoms with Crippen LogP contribution in [0.2, 0.25) is 0 Å². The lowest BCUT2D eigenvalue weighted by Gasteiger charge is -2.40. The van der Waals surface area contributed by atoms with Crippen LogP contribution >= 0.6 is 22.0 Å². The van der Waals surface area contributed by atoms with E-state index in [1.165, 1.54) is 17.0 Å². The smallest absolute Gasteiger partial charge is 0.347 e. The molecule has 2 heterocycles. The van der Waals surface area contributed by atoms with Crippen molar-refractivity contribution in [2.75, 3.05) is 29.3 Å². The van der Waals surface area contributed by atoms with Crippen LogP contribution in [0.1, 0.15) is 11.1 Å². The van der Waals surface area contributed by atoms with Crippen LogP contribution in [0.3, 0.4) is 0 Å². The van der Waals surface area contributed by atoms with Gasteiger partial charge in [-0.3, -0.25) is 9.69 Å². The van der Waals surface area contributed by atoms with Gasteiger partial charge < -0.3 is 10.1 Å². The molecule has 0 bridgehead atoms. The normalized spacial score (nSPS) is 16.0. The maximum absolute atomic E-state index is 15.0. The summed E-state index contributed by atoms with van der Waals surface area (Å²) >= 11 is 1.00. The summed E-state index contributed by atoms with van der Waals surface area (Å²) in [5.41, 5.74) is 1.66. The molecule has 3 amide bonds. The van der Waals surface area contributed by atoms with E-state index in [1.54, 1.807) is 25.1 Å². The number of amides is 3. The van der Waals surface area contributed by atoms with E-state index in [9.17, 15) is 33.4 Å². The lowest BCUT2D eigenvalue weighted by Crippen LogP contribution is -2.31. The lowest BCUT2D eigenvalue weighted by molar-refractivity contribution is -0.115. The Morgan fingerprint density at radius 1 is 1.07 bits per heavy atom. The van der Waals surface area contributed by atoms with E-state index in [1.807, 2.05) is 0 Å². The first kappa shape index (κ1) is 33.0. The summed E-state index contributed by atoms with van der Waals surface area (Å²) in [6, 6.07) is 9.87. The molecule has 0 saturated carbocycles. The van der Waals surface area contributed by atoms with Crippen molar-refractivity contribution in [3.63, 3.8) is 0 Å². The number of carbonyl (C=O) groups is 2. The first-order valence-electron chi connectivity index (χ1n) is 13.2. The average molecular weight is 689 g/mol. The van der Waals surface area contributed by atoms with Crippen molar-refractivity contribution >= 4 is 50.5 Å². The molecule has 5 rings (SSSR count). The molecule has 9 nitrogen and oxygen atoms in total. The summed E-state index contributed by atoms with van der Waals surface area (Å²) in [5.74, 6) is -1.31. The van der Waals surface area contributed by atoms with Crippen molar-refractivity contribution in [2.24, 2.45) is 4.99 Å². The van der Waals surface area contributed by atoms with Crippen LogP contribution in [0.5, 0.6) is 0 Å². The summed E-state index contributed by atoms with van der Waals surface area (Å²) in [4.78, 5) is 32.7. The van der Waals surface area contributed by atoms with Crippen LogP contribution in [0.25, 0.3) is 17.1 Å². The molecular weight excluding hydrogens is 665 g/mol. The number of ether oxygens (including phenoxy) is 1. The minimum atomic E-state index is -9.84. The molecule has 3 aromatic carbocycles. The third-order valence-electron chi connectivity index (χ3n) is 6.43. The number of aromatic nitrogens is 3. The van der Waals surface area contributed by atoms with Crippen molar-refractivity contribution in [1.82, 2.24) is 14.8 Å². The van der Waals surface area contributed by atoms with Gasteiger partial charge in [-0.25, -0.2) is 23.2 Å². The van der Waals surface area contributed by atoms with Crippen LogP contribution < -0.4 is 10.2 Å². The minimum absolute atomic E-state index is 0.00445. The van der Waals surface area contributed by atoms with Crippen molar-refractivity contribution in [3.8, 4) is 17.1 Å². The SMILES string of the molecule is Cc1ccc(COCCF)c(N2C(=O)CS/C2=N\C(=O)Nc2ccc(-c3ncn(-c4ccc(S(F)(F)(F)(F)F)cc4)n3)cc2F)c1. The van der Waals surface area contributed by atoms with E-state index in [0.29, 0.717) is 11.3 Å². The second-order valence-corrected chi connectivity index (χ2v) is 13.2. The summed E-state index contributed by atoms with van der Waals surface area (Å²) in [6.07, 6.45) is 1.10. The second-order valence-electron chi connectivity index (χ2n) is 9.89. The highest BCUT2D eigenvalue weighted by Gasteiger charge is 2.65. The first-order valence-corrected chi connectivity index (χ1v) is 16.1. The highest BCUT2D eigenvalue weighted by atomic mass is 32.5. The average Bonchev–Trinajstić information content (AvgIpc) is 3.61. The van der Waals surface area contributed by atoms with Gasteiger partial charge in [-0.05, 0) is 61.0 Å². The maximum atomic E-state index is 15.0. The number of hydrogen-bond donors (Lipinski definition) is 1. The van der Waals surface area contributed by atoms with E-state index >= 15 is 4.39 Å². The molecule has 18 heteroatoms. The number of aliphatic imine (C=N–C) groups is 1. The van der Waals surface area contributed by atoms with Crippen molar-refractivity contribution < 1.29 is 42.5 Å². The third kappa shape index (κ3) is 7.51. The van der Waals surface area contributed by atoms with Gasteiger partial charge in [0.1, 0.15) is 23.7 Å². The zero-order valence-electron chi connectivity index (χ0n) is 23.6. The summed E-state index contributed by atoms with van der Waals surface area (Å²) in [6.45, 7) is 1.01. The Bertz CT molecular complexity index is 1850. The molecule has 0 aliphatic carbocycles. The zero-order valence-corrected chi connectivity index (χ0v) is 25.2. The van der Waals surface area contributed by atoms with Gasteiger partial charge in [-0.2, -0.15) is 4.99 Å². The number of nitrogens with one attached hydrogen (secondary N) is 1. The fourth-order valence-electron chi connectivity index (χ4n) is 4.28. The highest BCUT2D eigenvalue weighted by molar-refractivity contribution is 8.45. The number of aryl methyl sites for hydroxylation is 1. The molecule has 46 heavy (non-hydrogen) atoms. The molecule has 1 aliphatic rings. The minimum Gasteiger partial charge on any atom is -0.374 e. The number of amidine groups is 1.